The van der Waals surface area contributed by atoms with Gasteiger partial charge in [-0.3, -0.25) is 4.79 Å². The number of thiazole rings is 1. The second kappa shape index (κ2) is 8.37. The van der Waals surface area contributed by atoms with Gasteiger partial charge in [-0.1, -0.05) is 17.4 Å². The van der Waals surface area contributed by atoms with Crippen molar-refractivity contribution < 1.29 is 19.0 Å². The van der Waals surface area contributed by atoms with Gasteiger partial charge in [0.2, 0.25) is 0 Å². The molecule has 1 amide bonds. The van der Waals surface area contributed by atoms with Gasteiger partial charge in [0.15, 0.2) is 4.80 Å². The third-order valence-electron chi connectivity index (χ3n) is 4.15. The lowest BCUT2D eigenvalue weighted by molar-refractivity contribution is 0.0996. The van der Waals surface area contributed by atoms with Crippen LogP contribution in [0.5, 0.6) is 11.5 Å². The Labute approximate surface area is 161 Å². The summed E-state index contributed by atoms with van der Waals surface area (Å²) in [6.07, 6.45) is 0. The van der Waals surface area contributed by atoms with E-state index in [1.54, 1.807) is 39.5 Å². The Morgan fingerprint density at radius 3 is 2.41 bits per heavy atom. The first kappa shape index (κ1) is 19.1. The zero-order valence-electron chi connectivity index (χ0n) is 15.8. The van der Waals surface area contributed by atoms with Crippen LogP contribution in [0.3, 0.4) is 0 Å². The third kappa shape index (κ3) is 4.20. The van der Waals surface area contributed by atoms with E-state index < -0.39 is 0 Å². The molecule has 27 heavy (non-hydrogen) atoms. The number of amides is 1. The van der Waals surface area contributed by atoms with E-state index in [1.807, 2.05) is 11.5 Å². The molecule has 0 saturated heterocycles. The van der Waals surface area contributed by atoms with Gasteiger partial charge in [-0.05, 0) is 36.8 Å². The number of ether oxygens (including phenoxy) is 3. The van der Waals surface area contributed by atoms with Crippen LogP contribution in [-0.2, 0) is 11.3 Å². The van der Waals surface area contributed by atoms with E-state index >= 15 is 0 Å². The number of benzene rings is 2. The molecule has 0 radical (unpaired) electrons. The predicted octanol–water partition coefficient (Wildman–Crippen LogP) is 3.42. The van der Waals surface area contributed by atoms with E-state index in [0.29, 0.717) is 35.0 Å². The molecule has 0 N–H and O–H groups in total. The summed E-state index contributed by atoms with van der Waals surface area (Å²) in [4.78, 5) is 17.8. The molecule has 0 aliphatic rings. The molecule has 142 valence electrons. The highest BCUT2D eigenvalue weighted by atomic mass is 32.1. The third-order valence-corrected chi connectivity index (χ3v) is 5.19. The van der Waals surface area contributed by atoms with Crippen LogP contribution in [0.1, 0.15) is 15.9 Å². The molecule has 3 aromatic rings. The largest absolute Gasteiger partial charge is 0.497 e. The molecule has 3 rings (SSSR count). The van der Waals surface area contributed by atoms with Crippen LogP contribution in [0, 0.1) is 6.92 Å². The summed E-state index contributed by atoms with van der Waals surface area (Å²) < 4.78 is 18.8. The molecule has 0 unspecified atom stereocenters. The quantitative estimate of drug-likeness (QED) is 0.651. The highest BCUT2D eigenvalue weighted by molar-refractivity contribution is 7.16. The number of hydrogen-bond acceptors (Lipinski definition) is 5. The fourth-order valence-electron chi connectivity index (χ4n) is 2.75. The fourth-order valence-corrected chi connectivity index (χ4v) is 3.90. The normalized spacial score (nSPS) is 11.8. The summed E-state index contributed by atoms with van der Waals surface area (Å²) in [6, 6.07) is 11.2. The highest BCUT2D eigenvalue weighted by Gasteiger charge is 2.12. The van der Waals surface area contributed by atoms with Gasteiger partial charge in [0.05, 0.1) is 31.0 Å². The molecule has 1 aromatic heterocycles. The van der Waals surface area contributed by atoms with Crippen molar-refractivity contribution in [2.45, 2.75) is 13.5 Å². The van der Waals surface area contributed by atoms with Crippen molar-refractivity contribution >= 4 is 27.5 Å². The van der Waals surface area contributed by atoms with Crippen LogP contribution in [0.4, 0.5) is 0 Å². The summed E-state index contributed by atoms with van der Waals surface area (Å²) in [7, 11) is 4.75. The van der Waals surface area contributed by atoms with Crippen molar-refractivity contribution in [3.8, 4) is 11.5 Å². The molecular formula is C20H22N2O4S. The number of methoxy groups -OCH3 is 3. The summed E-state index contributed by atoms with van der Waals surface area (Å²) >= 11 is 1.49. The molecule has 0 atom stereocenters. The van der Waals surface area contributed by atoms with Gasteiger partial charge < -0.3 is 18.8 Å². The summed E-state index contributed by atoms with van der Waals surface area (Å²) in [5, 5.41) is 0. The number of carbonyl (C=O) groups excluding carboxylic acids is 1. The van der Waals surface area contributed by atoms with Crippen LogP contribution in [-0.4, -0.2) is 38.4 Å². The lowest BCUT2D eigenvalue weighted by Crippen LogP contribution is -2.19. The number of carbonyl (C=O) groups is 1. The Bertz CT molecular complexity index is 1010. The number of hydrogen-bond donors (Lipinski definition) is 0. The first-order valence-electron chi connectivity index (χ1n) is 8.46. The minimum Gasteiger partial charge on any atom is -0.497 e. The standard InChI is InChI=1S/C20H22N2O4S/c1-13-5-6-17-18(9-13)27-20(22(17)7-8-24-2)21-19(23)14-10-15(25-3)12-16(11-14)26-4/h5-6,9-12H,7-8H2,1-4H3. The fraction of sp³-hybridized carbons (Fsp3) is 0.300. The Hall–Kier alpha value is -2.64. The second-order valence-corrected chi connectivity index (χ2v) is 7.03. The molecular weight excluding hydrogens is 364 g/mol. The molecule has 1 heterocycles. The van der Waals surface area contributed by atoms with E-state index in [-0.39, 0.29) is 5.91 Å². The van der Waals surface area contributed by atoms with Crippen LogP contribution in [0.2, 0.25) is 0 Å². The van der Waals surface area contributed by atoms with Crippen molar-refractivity contribution in [2.24, 2.45) is 4.99 Å². The van der Waals surface area contributed by atoms with Gasteiger partial charge in [-0.15, -0.1) is 0 Å². The zero-order chi connectivity index (χ0) is 19.4. The molecule has 7 heteroatoms. The predicted molar refractivity (Wildman–Crippen MR) is 106 cm³/mol. The molecule has 2 aromatic carbocycles. The Kier molecular flexibility index (Phi) is 5.93. The van der Waals surface area contributed by atoms with Crippen LogP contribution in [0.25, 0.3) is 10.2 Å². The molecule has 0 aliphatic carbocycles. The lowest BCUT2D eigenvalue weighted by atomic mass is 10.2. The van der Waals surface area contributed by atoms with E-state index in [1.165, 1.54) is 11.3 Å². The monoisotopic (exact) mass is 386 g/mol. The first-order chi connectivity index (χ1) is 13.0. The van der Waals surface area contributed by atoms with Crippen molar-refractivity contribution in [2.75, 3.05) is 27.9 Å². The van der Waals surface area contributed by atoms with E-state index in [4.69, 9.17) is 14.2 Å². The van der Waals surface area contributed by atoms with Crippen molar-refractivity contribution in [3.05, 3.63) is 52.3 Å². The SMILES string of the molecule is COCCn1c(=NC(=O)c2cc(OC)cc(OC)c2)sc2cc(C)ccc21. The summed E-state index contributed by atoms with van der Waals surface area (Å²) in [6.45, 7) is 3.20. The first-order valence-corrected chi connectivity index (χ1v) is 9.28. The average Bonchev–Trinajstić information content (AvgIpc) is 3.01. The van der Waals surface area contributed by atoms with Crippen molar-refractivity contribution in [1.29, 1.82) is 0 Å². The number of rotatable bonds is 6. The Morgan fingerprint density at radius 1 is 1.07 bits per heavy atom. The Balaban J connectivity index is 2.10. The van der Waals surface area contributed by atoms with Crippen molar-refractivity contribution in [1.82, 2.24) is 4.57 Å². The van der Waals surface area contributed by atoms with Crippen LogP contribution >= 0.6 is 11.3 Å². The molecule has 0 fully saturated rings. The number of aryl methyl sites for hydroxylation is 1. The van der Waals surface area contributed by atoms with Gasteiger partial charge in [0.1, 0.15) is 11.5 Å². The number of aromatic nitrogens is 1. The van der Waals surface area contributed by atoms with E-state index in [2.05, 4.69) is 23.2 Å². The zero-order valence-corrected chi connectivity index (χ0v) is 16.6. The number of fused-ring (bicyclic) bond motifs is 1. The van der Waals surface area contributed by atoms with Gasteiger partial charge in [-0.2, -0.15) is 4.99 Å². The molecule has 0 spiro atoms. The highest BCUT2D eigenvalue weighted by Crippen LogP contribution is 2.23. The smallest absolute Gasteiger partial charge is 0.279 e. The minimum atomic E-state index is -0.346. The molecule has 0 aliphatic heterocycles. The maximum atomic E-state index is 12.8. The molecule has 6 nitrogen and oxygen atoms in total. The summed E-state index contributed by atoms with van der Waals surface area (Å²) in [5.74, 6) is 0.751. The van der Waals surface area contributed by atoms with Crippen LogP contribution < -0.4 is 14.3 Å². The number of nitrogens with zero attached hydrogens (tertiary/aromatic N) is 2. The van der Waals surface area contributed by atoms with Gasteiger partial charge in [-0.25, -0.2) is 0 Å². The van der Waals surface area contributed by atoms with Gasteiger partial charge >= 0.3 is 0 Å². The Morgan fingerprint density at radius 2 is 1.78 bits per heavy atom. The minimum absolute atomic E-state index is 0.346. The van der Waals surface area contributed by atoms with Crippen LogP contribution in [0.15, 0.2) is 41.4 Å². The maximum Gasteiger partial charge on any atom is 0.279 e. The van der Waals surface area contributed by atoms with E-state index in [9.17, 15) is 4.79 Å². The lowest BCUT2D eigenvalue weighted by Gasteiger charge is -2.06. The topological polar surface area (TPSA) is 62.1 Å². The van der Waals surface area contributed by atoms with E-state index in [0.717, 1.165) is 15.8 Å². The maximum absolute atomic E-state index is 12.8. The summed E-state index contributed by atoms with van der Waals surface area (Å²) in [5.41, 5.74) is 2.62. The average molecular weight is 386 g/mol. The molecule has 0 saturated carbocycles. The van der Waals surface area contributed by atoms with Gasteiger partial charge in [0.25, 0.3) is 5.91 Å². The van der Waals surface area contributed by atoms with Crippen molar-refractivity contribution in [3.63, 3.8) is 0 Å². The molecule has 0 bridgehead atoms. The van der Waals surface area contributed by atoms with Gasteiger partial charge in [0, 0.05) is 25.3 Å². The second-order valence-electron chi connectivity index (χ2n) is 6.02.